The second-order valence-corrected chi connectivity index (χ2v) is 4.73. The largest absolute Gasteiger partial charge is 0.479 e. The van der Waals surface area contributed by atoms with Gasteiger partial charge in [-0.15, -0.1) is 0 Å². The molecule has 7 nitrogen and oxygen atoms in total. The molecule has 0 aromatic carbocycles. The highest BCUT2D eigenvalue weighted by Crippen LogP contribution is 2.11. The average Bonchev–Trinajstić information content (AvgIpc) is 2.35. The summed E-state index contributed by atoms with van der Waals surface area (Å²) in [6, 6.07) is -0.484. The highest BCUT2D eigenvalue weighted by Gasteiger charge is 2.30. The third-order valence-electron chi connectivity index (χ3n) is 2.86. The standard InChI is InChI=1S/C11H20N2O5/c1-11(17,9(14)15)7-13-10(16)12-5-8-3-2-4-18-6-8/h8,17H,2-7H2,1H3,(H,14,15)(H2,12,13,16). The van der Waals surface area contributed by atoms with Crippen LogP contribution in [0.4, 0.5) is 4.79 Å². The number of carbonyl (C=O) groups excluding carboxylic acids is 1. The van der Waals surface area contributed by atoms with Crippen LogP contribution in [-0.4, -0.2) is 54.1 Å². The molecule has 7 heteroatoms. The summed E-state index contributed by atoms with van der Waals surface area (Å²) >= 11 is 0. The summed E-state index contributed by atoms with van der Waals surface area (Å²) < 4.78 is 5.27. The van der Waals surface area contributed by atoms with Crippen LogP contribution in [0, 0.1) is 5.92 Å². The van der Waals surface area contributed by atoms with Gasteiger partial charge in [0.1, 0.15) is 0 Å². The molecule has 104 valence electrons. The van der Waals surface area contributed by atoms with E-state index in [1.807, 2.05) is 0 Å². The SMILES string of the molecule is CC(O)(CNC(=O)NCC1CCCOC1)C(=O)O. The minimum atomic E-state index is -1.95. The second kappa shape index (κ2) is 6.55. The van der Waals surface area contributed by atoms with Crippen molar-refractivity contribution in [1.29, 1.82) is 0 Å². The Bertz CT molecular complexity index is 300. The lowest BCUT2D eigenvalue weighted by atomic mass is 10.0. The predicted octanol–water partition coefficient (Wildman–Crippen LogP) is -0.452. The first kappa shape index (κ1) is 14.7. The first-order chi connectivity index (χ1) is 8.42. The molecule has 0 aromatic heterocycles. The van der Waals surface area contributed by atoms with Crippen LogP contribution in [-0.2, 0) is 9.53 Å². The van der Waals surface area contributed by atoms with Crippen LogP contribution in [0.15, 0.2) is 0 Å². The summed E-state index contributed by atoms with van der Waals surface area (Å²) in [6.07, 6.45) is 1.99. The topological polar surface area (TPSA) is 108 Å². The molecule has 0 spiro atoms. The predicted molar refractivity (Wildman–Crippen MR) is 63.2 cm³/mol. The molecular formula is C11H20N2O5. The van der Waals surface area contributed by atoms with E-state index in [4.69, 9.17) is 9.84 Å². The zero-order chi connectivity index (χ0) is 13.6. The summed E-state index contributed by atoms with van der Waals surface area (Å²) in [6.45, 7) is 2.68. The molecule has 1 aliphatic rings. The van der Waals surface area contributed by atoms with Crippen molar-refractivity contribution in [3.8, 4) is 0 Å². The van der Waals surface area contributed by atoms with Gasteiger partial charge in [0.2, 0.25) is 0 Å². The van der Waals surface area contributed by atoms with E-state index in [-0.39, 0.29) is 6.54 Å². The normalized spacial score (nSPS) is 22.9. The molecule has 0 bridgehead atoms. The number of carbonyl (C=O) groups is 2. The van der Waals surface area contributed by atoms with Gasteiger partial charge >= 0.3 is 12.0 Å². The zero-order valence-corrected chi connectivity index (χ0v) is 10.4. The van der Waals surface area contributed by atoms with Crippen molar-refractivity contribution in [1.82, 2.24) is 10.6 Å². The van der Waals surface area contributed by atoms with E-state index in [1.165, 1.54) is 0 Å². The number of urea groups is 1. The Morgan fingerprint density at radius 3 is 2.72 bits per heavy atom. The van der Waals surface area contributed by atoms with Gasteiger partial charge in [0.05, 0.1) is 13.2 Å². The Kier molecular flexibility index (Phi) is 5.36. The van der Waals surface area contributed by atoms with Crippen molar-refractivity contribution in [2.45, 2.75) is 25.4 Å². The molecule has 0 aliphatic carbocycles. The Morgan fingerprint density at radius 1 is 1.44 bits per heavy atom. The summed E-state index contributed by atoms with van der Waals surface area (Å²) in [4.78, 5) is 22.0. The number of carboxylic acid groups (broad SMARTS) is 1. The van der Waals surface area contributed by atoms with Gasteiger partial charge in [-0.3, -0.25) is 0 Å². The first-order valence-corrected chi connectivity index (χ1v) is 5.97. The van der Waals surface area contributed by atoms with Crippen LogP contribution in [0.2, 0.25) is 0 Å². The Hall–Kier alpha value is -1.34. The molecule has 1 heterocycles. The van der Waals surface area contributed by atoms with E-state index in [2.05, 4.69) is 10.6 Å². The monoisotopic (exact) mass is 260 g/mol. The number of rotatable bonds is 5. The minimum Gasteiger partial charge on any atom is -0.479 e. The van der Waals surface area contributed by atoms with Gasteiger partial charge in [0.25, 0.3) is 0 Å². The third kappa shape index (κ3) is 4.89. The van der Waals surface area contributed by atoms with Crippen molar-refractivity contribution in [3.63, 3.8) is 0 Å². The van der Waals surface area contributed by atoms with Gasteiger partial charge in [-0.2, -0.15) is 0 Å². The van der Waals surface area contributed by atoms with Crippen LogP contribution in [0.1, 0.15) is 19.8 Å². The highest BCUT2D eigenvalue weighted by atomic mass is 16.5. The van der Waals surface area contributed by atoms with Gasteiger partial charge in [0.15, 0.2) is 5.60 Å². The Labute approximate surface area is 106 Å². The van der Waals surface area contributed by atoms with E-state index in [0.29, 0.717) is 19.1 Å². The van der Waals surface area contributed by atoms with E-state index in [9.17, 15) is 14.7 Å². The molecule has 4 N–H and O–H groups in total. The number of carboxylic acids is 1. The van der Waals surface area contributed by atoms with Gasteiger partial charge in [0, 0.05) is 13.2 Å². The van der Waals surface area contributed by atoms with Crippen molar-refractivity contribution in [2.24, 2.45) is 5.92 Å². The molecule has 2 amide bonds. The quantitative estimate of drug-likeness (QED) is 0.535. The Morgan fingerprint density at radius 2 is 2.17 bits per heavy atom. The fourth-order valence-corrected chi connectivity index (χ4v) is 1.60. The number of amides is 2. The molecule has 1 saturated heterocycles. The minimum absolute atomic E-state index is 0.296. The van der Waals surface area contributed by atoms with E-state index >= 15 is 0 Å². The lowest BCUT2D eigenvalue weighted by molar-refractivity contribution is -0.155. The highest BCUT2D eigenvalue weighted by molar-refractivity contribution is 5.79. The third-order valence-corrected chi connectivity index (χ3v) is 2.86. The lowest BCUT2D eigenvalue weighted by Gasteiger charge is -2.23. The van der Waals surface area contributed by atoms with Crippen LogP contribution in [0.5, 0.6) is 0 Å². The molecule has 2 atom stereocenters. The van der Waals surface area contributed by atoms with Gasteiger partial charge in [-0.1, -0.05) is 0 Å². The van der Waals surface area contributed by atoms with Crippen LogP contribution in [0.3, 0.4) is 0 Å². The molecule has 0 aromatic rings. The van der Waals surface area contributed by atoms with Crippen LogP contribution >= 0.6 is 0 Å². The Balaban J connectivity index is 2.19. The maximum atomic E-state index is 11.4. The molecule has 1 fully saturated rings. The average molecular weight is 260 g/mol. The van der Waals surface area contributed by atoms with Crippen molar-refractivity contribution >= 4 is 12.0 Å². The molecule has 2 unspecified atom stereocenters. The summed E-state index contributed by atoms with van der Waals surface area (Å²) in [5.74, 6) is -1.08. The number of ether oxygens (including phenoxy) is 1. The maximum Gasteiger partial charge on any atom is 0.337 e. The number of hydrogen-bond donors (Lipinski definition) is 4. The number of hydrogen-bond acceptors (Lipinski definition) is 4. The van der Waals surface area contributed by atoms with Crippen molar-refractivity contribution < 1.29 is 24.5 Å². The molecule has 0 radical (unpaired) electrons. The molecule has 1 aliphatic heterocycles. The molecule has 18 heavy (non-hydrogen) atoms. The number of aliphatic carboxylic acids is 1. The van der Waals surface area contributed by atoms with Gasteiger partial charge in [-0.05, 0) is 25.7 Å². The maximum absolute atomic E-state index is 11.4. The van der Waals surface area contributed by atoms with E-state index in [1.54, 1.807) is 0 Å². The zero-order valence-electron chi connectivity index (χ0n) is 10.4. The van der Waals surface area contributed by atoms with Gasteiger partial charge in [-0.25, -0.2) is 9.59 Å². The van der Waals surface area contributed by atoms with Crippen LogP contribution in [0.25, 0.3) is 0 Å². The van der Waals surface area contributed by atoms with E-state index in [0.717, 1.165) is 26.4 Å². The molecular weight excluding hydrogens is 240 g/mol. The fraction of sp³-hybridized carbons (Fsp3) is 0.818. The van der Waals surface area contributed by atoms with E-state index < -0.39 is 17.6 Å². The fourth-order valence-electron chi connectivity index (χ4n) is 1.60. The number of nitrogens with one attached hydrogen (secondary N) is 2. The van der Waals surface area contributed by atoms with Crippen LogP contribution < -0.4 is 10.6 Å². The summed E-state index contributed by atoms with van der Waals surface area (Å²) in [5, 5.41) is 23.0. The second-order valence-electron chi connectivity index (χ2n) is 4.73. The number of aliphatic hydroxyl groups is 1. The molecule has 1 rings (SSSR count). The van der Waals surface area contributed by atoms with Crippen molar-refractivity contribution in [3.05, 3.63) is 0 Å². The molecule has 0 saturated carbocycles. The first-order valence-electron chi connectivity index (χ1n) is 5.97. The lowest BCUT2D eigenvalue weighted by Crippen LogP contribution is -2.49. The van der Waals surface area contributed by atoms with Crippen molar-refractivity contribution in [2.75, 3.05) is 26.3 Å². The van der Waals surface area contributed by atoms with Gasteiger partial charge < -0.3 is 25.6 Å². The smallest absolute Gasteiger partial charge is 0.337 e. The summed E-state index contributed by atoms with van der Waals surface area (Å²) in [5.41, 5.74) is -1.95. The summed E-state index contributed by atoms with van der Waals surface area (Å²) in [7, 11) is 0.